The molecule has 134 valence electrons. The van der Waals surface area contributed by atoms with Gasteiger partial charge in [0.1, 0.15) is 17.4 Å². The summed E-state index contributed by atoms with van der Waals surface area (Å²) in [4.78, 5) is 14.4. The molecule has 1 aliphatic heterocycles. The van der Waals surface area contributed by atoms with Crippen LogP contribution in [0.15, 0.2) is 44.8 Å². The van der Waals surface area contributed by atoms with Crippen molar-refractivity contribution < 1.29 is 13.9 Å². The number of carbonyl (C=O) groups is 1. The predicted molar refractivity (Wildman–Crippen MR) is 103 cm³/mol. The Morgan fingerprint density at radius 1 is 1.35 bits per heavy atom. The Morgan fingerprint density at radius 3 is 2.77 bits per heavy atom. The van der Waals surface area contributed by atoms with Crippen LogP contribution in [0.1, 0.15) is 5.76 Å². The molecule has 0 aliphatic carbocycles. The summed E-state index contributed by atoms with van der Waals surface area (Å²) >= 11 is 9.49. The maximum atomic E-state index is 12.4. The fourth-order valence-corrected chi connectivity index (χ4v) is 3.21. The van der Waals surface area contributed by atoms with E-state index in [9.17, 15) is 10.1 Å². The smallest absolute Gasteiger partial charge is 0.266 e. The summed E-state index contributed by atoms with van der Waals surface area (Å²) in [5.41, 5.74) is 0.356. The molecule has 3 rings (SSSR count). The average Bonchev–Trinajstić information content (AvgIpc) is 3.02. The Bertz CT molecular complexity index is 882. The van der Waals surface area contributed by atoms with Crippen LogP contribution in [0.3, 0.4) is 0 Å². The van der Waals surface area contributed by atoms with Gasteiger partial charge in [0.25, 0.3) is 5.91 Å². The van der Waals surface area contributed by atoms with Crippen molar-refractivity contribution in [3.8, 4) is 6.07 Å². The van der Waals surface area contributed by atoms with E-state index in [4.69, 9.17) is 20.8 Å². The summed E-state index contributed by atoms with van der Waals surface area (Å²) in [5, 5.41) is 12.4. The van der Waals surface area contributed by atoms with Gasteiger partial charge in [-0.3, -0.25) is 4.79 Å². The first kappa shape index (κ1) is 18.5. The van der Waals surface area contributed by atoms with E-state index in [1.165, 1.54) is 6.08 Å². The molecule has 1 aliphatic rings. The van der Waals surface area contributed by atoms with Crippen molar-refractivity contribution in [3.63, 3.8) is 0 Å². The zero-order valence-electron chi connectivity index (χ0n) is 13.7. The van der Waals surface area contributed by atoms with Gasteiger partial charge in [0.2, 0.25) is 5.88 Å². The van der Waals surface area contributed by atoms with Gasteiger partial charge in [-0.15, -0.1) is 0 Å². The first-order valence-corrected chi connectivity index (χ1v) is 9.05. The summed E-state index contributed by atoms with van der Waals surface area (Å²) in [6.45, 7) is 2.69. The molecule has 1 amide bonds. The number of rotatable bonds is 4. The number of amides is 1. The molecule has 1 aromatic heterocycles. The van der Waals surface area contributed by atoms with Gasteiger partial charge in [0.15, 0.2) is 0 Å². The minimum Gasteiger partial charge on any atom is -0.440 e. The highest BCUT2D eigenvalue weighted by Crippen LogP contribution is 2.32. The Balaban J connectivity index is 1.79. The standard InChI is InChI=1S/C18H15BrClN3O3/c19-14-10-13(26-18(14)23-5-7-25-8-6-23)9-12(11-21)17(24)22-16-4-2-1-3-15(16)20/h1-4,9-10H,5-8H2,(H,22,24)/b12-9-. The monoisotopic (exact) mass is 435 g/mol. The summed E-state index contributed by atoms with van der Waals surface area (Å²) in [5.74, 6) is 0.508. The predicted octanol–water partition coefficient (Wildman–Crippen LogP) is 4.08. The second-order valence-corrected chi connectivity index (χ2v) is 6.77. The zero-order valence-corrected chi connectivity index (χ0v) is 16.0. The molecule has 0 bridgehead atoms. The maximum Gasteiger partial charge on any atom is 0.266 e. The van der Waals surface area contributed by atoms with E-state index in [1.54, 1.807) is 30.3 Å². The lowest BCUT2D eigenvalue weighted by molar-refractivity contribution is -0.112. The van der Waals surface area contributed by atoms with Gasteiger partial charge in [0.05, 0.1) is 28.4 Å². The van der Waals surface area contributed by atoms with E-state index >= 15 is 0 Å². The molecule has 26 heavy (non-hydrogen) atoms. The van der Waals surface area contributed by atoms with Crippen molar-refractivity contribution in [2.45, 2.75) is 0 Å². The molecule has 2 aromatic rings. The normalized spacial score (nSPS) is 14.8. The molecule has 1 saturated heterocycles. The zero-order chi connectivity index (χ0) is 18.5. The molecule has 1 fully saturated rings. The molecule has 1 N–H and O–H groups in total. The number of nitrogens with one attached hydrogen (secondary N) is 1. The summed E-state index contributed by atoms with van der Waals surface area (Å²) < 4.78 is 11.9. The third-order valence-corrected chi connectivity index (χ3v) is 4.66. The number of nitrogens with zero attached hydrogens (tertiary/aromatic N) is 2. The third-order valence-electron chi connectivity index (χ3n) is 3.76. The molecule has 0 atom stereocenters. The van der Waals surface area contributed by atoms with Crippen molar-refractivity contribution in [2.24, 2.45) is 0 Å². The number of ether oxygens (including phenoxy) is 1. The van der Waals surface area contributed by atoms with Crippen molar-refractivity contribution in [2.75, 3.05) is 36.5 Å². The number of para-hydroxylation sites is 1. The molecule has 6 nitrogen and oxygen atoms in total. The van der Waals surface area contributed by atoms with Crippen LogP contribution >= 0.6 is 27.5 Å². The van der Waals surface area contributed by atoms with E-state index in [0.29, 0.717) is 48.7 Å². The van der Waals surface area contributed by atoms with Crippen LogP contribution < -0.4 is 10.2 Å². The fraction of sp³-hybridized carbons (Fsp3) is 0.222. The van der Waals surface area contributed by atoms with Crippen LogP contribution in [0, 0.1) is 11.3 Å². The number of benzene rings is 1. The fourth-order valence-electron chi connectivity index (χ4n) is 2.47. The minimum atomic E-state index is -0.555. The maximum absolute atomic E-state index is 12.4. The Kier molecular flexibility index (Phi) is 5.99. The molecular weight excluding hydrogens is 422 g/mol. The number of nitriles is 1. The molecular formula is C18H15BrClN3O3. The molecule has 0 unspecified atom stereocenters. The van der Waals surface area contributed by atoms with Crippen molar-refractivity contribution in [1.82, 2.24) is 0 Å². The summed E-state index contributed by atoms with van der Waals surface area (Å²) in [7, 11) is 0. The summed E-state index contributed by atoms with van der Waals surface area (Å²) in [6, 6.07) is 10.4. The van der Waals surface area contributed by atoms with Crippen molar-refractivity contribution in [1.29, 1.82) is 5.26 Å². The van der Waals surface area contributed by atoms with E-state index in [1.807, 2.05) is 11.0 Å². The molecule has 0 spiro atoms. The number of halogens is 2. The van der Waals surface area contributed by atoms with Crippen LogP contribution in [0.4, 0.5) is 11.6 Å². The van der Waals surface area contributed by atoms with Crippen molar-refractivity contribution in [3.05, 3.63) is 51.2 Å². The number of hydrogen-bond acceptors (Lipinski definition) is 5. The second-order valence-electron chi connectivity index (χ2n) is 5.51. The highest BCUT2D eigenvalue weighted by molar-refractivity contribution is 9.10. The number of furan rings is 1. The van der Waals surface area contributed by atoms with Gasteiger partial charge in [-0.1, -0.05) is 23.7 Å². The van der Waals surface area contributed by atoms with Crippen LogP contribution in [-0.2, 0) is 9.53 Å². The molecule has 2 heterocycles. The first-order valence-electron chi connectivity index (χ1n) is 7.88. The Labute approximate surface area is 164 Å². The average molecular weight is 437 g/mol. The van der Waals surface area contributed by atoms with Crippen LogP contribution in [0.5, 0.6) is 0 Å². The van der Waals surface area contributed by atoms with E-state index in [-0.39, 0.29) is 5.57 Å². The van der Waals surface area contributed by atoms with E-state index < -0.39 is 5.91 Å². The van der Waals surface area contributed by atoms with Gasteiger partial charge < -0.3 is 19.4 Å². The van der Waals surface area contributed by atoms with Crippen molar-refractivity contribution >= 4 is 51.1 Å². The number of carbonyl (C=O) groups excluding carboxylic acids is 1. The Morgan fingerprint density at radius 2 is 2.08 bits per heavy atom. The van der Waals surface area contributed by atoms with Crippen LogP contribution in [-0.4, -0.2) is 32.2 Å². The highest BCUT2D eigenvalue weighted by atomic mass is 79.9. The van der Waals surface area contributed by atoms with Gasteiger partial charge in [0, 0.05) is 25.2 Å². The SMILES string of the molecule is N#C/C(=C/c1cc(Br)c(N2CCOCC2)o1)C(=O)Nc1ccccc1Cl. The van der Waals surface area contributed by atoms with E-state index in [0.717, 1.165) is 4.47 Å². The van der Waals surface area contributed by atoms with Gasteiger partial charge in [-0.2, -0.15) is 5.26 Å². The molecule has 0 saturated carbocycles. The lowest BCUT2D eigenvalue weighted by Crippen LogP contribution is -2.36. The van der Waals surface area contributed by atoms with Gasteiger partial charge in [-0.25, -0.2) is 0 Å². The molecule has 8 heteroatoms. The number of anilines is 2. The quantitative estimate of drug-likeness (QED) is 0.577. The van der Waals surface area contributed by atoms with E-state index in [2.05, 4.69) is 21.2 Å². The van der Waals surface area contributed by atoms with Crippen LogP contribution in [0.2, 0.25) is 5.02 Å². The lowest BCUT2D eigenvalue weighted by Gasteiger charge is -2.26. The summed E-state index contributed by atoms with van der Waals surface area (Å²) in [6.07, 6.45) is 1.40. The van der Waals surface area contributed by atoms with Gasteiger partial charge >= 0.3 is 0 Å². The van der Waals surface area contributed by atoms with Crippen LogP contribution in [0.25, 0.3) is 6.08 Å². The number of morpholine rings is 1. The minimum absolute atomic E-state index is 0.0836. The second kappa shape index (κ2) is 8.41. The lowest BCUT2D eigenvalue weighted by atomic mass is 10.2. The third kappa shape index (κ3) is 4.28. The number of hydrogen-bond donors (Lipinski definition) is 1. The van der Waals surface area contributed by atoms with Gasteiger partial charge in [-0.05, 0) is 28.1 Å². The first-order chi connectivity index (χ1) is 12.6. The Hall–Kier alpha value is -2.27. The molecule has 0 radical (unpaired) electrons. The topological polar surface area (TPSA) is 78.5 Å². The molecule has 1 aromatic carbocycles. The highest BCUT2D eigenvalue weighted by Gasteiger charge is 2.19. The largest absolute Gasteiger partial charge is 0.440 e.